The van der Waals surface area contributed by atoms with Crippen LogP contribution in [-0.4, -0.2) is 35.3 Å². The highest BCUT2D eigenvalue weighted by molar-refractivity contribution is 5.80. The molecule has 3 fully saturated rings. The lowest BCUT2D eigenvalue weighted by atomic mass is 9.75. The van der Waals surface area contributed by atoms with E-state index in [1.807, 2.05) is 0 Å². The zero-order valence-electron chi connectivity index (χ0n) is 11.8. The largest absolute Gasteiger partial charge is 0.351 e. The molecule has 1 saturated carbocycles. The molecule has 3 aliphatic rings. The number of hydrogen-bond donors (Lipinski definition) is 1. The summed E-state index contributed by atoms with van der Waals surface area (Å²) in [6.07, 6.45) is 6.74. The van der Waals surface area contributed by atoms with Gasteiger partial charge in [-0.2, -0.15) is 0 Å². The predicted molar refractivity (Wildman–Crippen MR) is 72.4 cm³/mol. The molecule has 0 aromatic heterocycles. The smallest absolute Gasteiger partial charge is 0.225 e. The summed E-state index contributed by atoms with van der Waals surface area (Å²) in [5.41, 5.74) is -0.000974. The molecule has 4 nitrogen and oxygen atoms in total. The van der Waals surface area contributed by atoms with Crippen molar-refractivity contribution in [3.63, 3.8) is 0 Å². The topological polar surface area (TPSA) is 49.4 Å². The Labute approximate surface area is 114 Å². The van der Waals surface area contributed by atoms with Crippen LogP contribution >= 0.6 is 0 Å². The number of carbonyl (C=O) groups excluding carboxylic acids is 2. The first kappa shape index (κ1) is 12.9. The third-order valence-electron chi connectivity index (χ3n) is 5.21. The first-order valence-corrected chi connectivity index (χ1v) is 7.68. The summed E-state index contributed by atoms with van der Waals surface area (Å²) in [6, 6.07) is 0. The van der Waals surface area contributed by atoms with E-state index >= 15 is 0 Å². The Kier molecular flexibility index (Phi) is 3.27. The van der Waals surface area contributed by atoms with Gasteiger partial charge in [0.2, 0.25) is 11.8 Å². The van der Waals surface area contributed by atoms with Gasteiger partial charge in [0.05, 0.1) is 0 Å². The number of hydrogen-bond acceptors (Lipinski definition) is 2. The zero-order chi connectivity index (χ0) is 13.5. The van der Waals surface area contributed by atoms with Crippen LogP contribution in [0, 0.1) is 11.8 Å². The molecule has 1 aliphatic carbocycles. The molecule has 106 valence electrons. The minimum Gasteiger partial charge on any atom is -0.351 e. The van der Waals surface area contributed by atoms with Gasteiger partial charge in [-0.3, -0.25) is 9.59 Å². The van der Waals surface area contributed by atoms with E-state index in [9.17, 15) is 9.59 Å². The van der Waals surface area contributed by atoms with Gasteiger partial charge in [0.1, 0.15) is 0 Å². The van der Waals surface area contributed by atoms with E-state index in [2.05, 4.69) is 17.1 Å². The summed E-state index contributed by atoms with van der Waals surface area (Å²) in [5.74, 6) is 1.55. The van der Waals surface area contributed by atoms with E-state index in [-0.39, 0.29) is 17.4 Å². The van der Waals surface area contributed by atoms with Crippen molar-refractivity contribution in [2.24, 2.45) is 11.8 Å². The highest BCUT2D eigenvalue weighted by Crippen LogP contribution is 2.36. The Morgan fingerprint density at radius 1 is 1.26 bits per heavy atom. The second kappa shape index (κ2) is 4.80. The predicted octanol–water partition coefficient (Wildman–Crippen LogP) is 1.69. The molecule has 3 rings (SSSR count). The summed E-state index contributed by atoms with van der Waals surface area (Å²) in [4.78, 5) is 25.9. The Balaban J connectivity index is 1.58. The Bertz CT molecular complexity index is 390. The standard InChI is InChI=1S/C15H24N2O2/c1-11-9-12(10-11)14(19)17-7-2-4-15(6-8-17)5-3-13(18)16-15/h11-12H,2-10H2,1H3,(H,16,18). The van der Waals surface area contributed by atoms with Crippen LogP contribution in [0.15, 0.2) is 0 Å². The molecule has 2 amide bonds. The zero-order valence-corrected chi connectivity index (χ0v) is 11.8. The van der Waals surface area contributed by atoms with Gasteiger partial charge in [-0.1, -0.05) is 6.92 Å². The molecule has 4 heteroatoms. The summed E-state index contributed by atoms with van der Waals surface area (Å²) in [7, 11) is 0. The van der Waals surface area contributed by atoms with Crippen molar-refractivity contribution in [3.8, 4) is 0 Å². The minimum absolute atomic E-state index is 0.000974. The quantitative estimate of drug-likeness (QED) is 0.783. The van der Waals surface area contributed by atoms with Crippen LogP contribution in [0.4, 0.5) is 0 Å². The summed E-state index contributed by atoms with van der Waals surface area (Å²) < 4.78 is 0. The van der Waals surface area contributed by atoms with Crippen molar-refractivity contribution in [2.45, 2.75) is 57.4 Å². The number of likely N-dealkylation sites (tertiary alicyclic amines) is 1. The highest BCUT2D eigenvalue weighted by atomic mass is 16.2. The molecule has 2 heterocycles. The summed E-state index contributed by atoms with van der Waals surface area (Å²) in [5, 5.41) is 3.16. The fourth-order valence-corrected chi connectivity index (χ4v) is 3.93. The Morgan fingerprint density at radius 3 is 2.68 bits per heavy atom. The number of amides is 2. The SMILES string of the molecule is CC1CC(C(=O)N2CCCC3(CCC(=O)N3)CC2)C1. The first-order valence-electron chi connectivity index (χ1n) is 7.68. The number of carbonyl (C=O) groups is 2. The molecule has 0 aromatic rings. The highest BCUT2D eigenvalue weighted by Gasteiger charge is 2.41. The molecule has 1 atom stereocenters. The first-order chi connectivity index (χ1) is 9.08. The molecule has 2 aliphatic heterocycles. The second-order valence-electron chi connectivity index (χ2n) is 6.78. The van der Waals surface area contributed by atoms with Crippen LogP contribution in [0.2, 0.25) is 0 Å². The van der Waals surface area contributed by atoms with Gasteiger partial charge in [-0.25, -0.2) is 0 Å². The van der Waals surface area contributed by atoms with Crippen LogP contribution in [-0.2, 0) is 9.59 Å². The lowest BCUT2D eigenvalue weighted by Crippen LogP contribution is -2.44. The van der Waals surface area contributed by atoms with E-state index in [1.165, 1.54) is 0 Å². The maximum absolute atomic E-state index is 12.4. The fourth-order valence-electron chi connectivity index (χ4n) is 3.93. The molecular weight excluding hydrogens is 240 g/mol. The van der Waals surface area contributed by atoms with Crippen molar-refractivity contribution in [2.75, 3.05) is 13.1 Å². The van der Waals surface area contributed by atoms with E-state index in [4.69, 9.17) is 0 Å². The van der Waals surface area contributed by atoms with Crippen LogP contribution in [0.5, 0.6) is 0 Å². The van der Waals surface area contributed by atoms with Crippen molar-refractivity contribution in [1.82, 2.24) is 10.2 Å². The normalized spacial score (nSPS) is 38.8. The van der Waals surface area contributed by atoms with Crippen LogP contribution in [0.3, 0.4) is 0 Å². The van der Waals surface area contributed by atoms with E-state index in [1.54, 1.807) is 0 Å². The van der Waals surface area contributed by atoms with Gasteiger partial charge in [-0.05, 0) is 44.4 Å². The van der Waals surface area contributed by atoms with Gasteiger partial charge in [0.15, 0.2) is 0 Å². The van der Waals surface area contributed by atoms with Crippen LogP contribution < -0.4 is 5.32 Å². The van der Waals surface area contributed by atoms with E-state index in [0.29, 0.717) is 12.3 Å². The molecule has 0 radical (unpaired) electrons. The summed E-state index contributed by atoms with van der Waals surface area (Å²) in [6.45, 7) is 3.92. The third-order valence-corrected chi connectivity index (χ3v) is 5.21. The Morgan fingerprint density at radius 2 is 2.05 bits per heavy atom. The number of nitrogens with zero attached hydrogens (tertiary/aromatic N) is 1. The maximum Gasteiger partial charge on any atom is 0.225 e. The van der Waals surface area contributed by atoms with E-state index < -0.39 is 0 Å². The summed E-state index contributed by atoms with van der Waals surface area (Å²) >= 11 is 0. The average molecular weight is 264 g/mol. The lowest BCUT2D eigenvalue weighted by Gasteiger charge is -2.35. The van der Waals surface area contributed by atoms with Crippen molar-refractivity contribution < 1.29 is 9.59 Å². The minimum atomic E-state index is -0.000974. The molecule has 1 unspecified atom stereocenters. The molecule has 2 saturated heterocycles. The Hall–Kier alpha value is -1.06. The second-order valence-corrected chi connectivity index (χ2v) is 6.78. The van der Waals surface area contributed by atoms with Crippen molar-refractivity contribution >= 4 is 11.8 Å². The van der Waals surface area contributed by atoms with Crippen LogP contribution in [0.1, 0.15) is 51.9 Å². The van der Waals surface area contributed by atoms with Gasteiger partial charge in [0.25, 0.3) is 0 Å². The van der Waals surface area contributed by atoms with Gasteiger partial charge >= 0.3 is 0 Å². The fraction of sp³-hybridized carbons (Fsp3) is 0.867. The average Bonchev–Trinajstić information content (AvgIpc) is 2.58. The molecule has 0 aromatic carbocycles. The maximum atomic E-state index is 12.4. The van der Waals surface area contributed by atoms with E-state index in [0.717, 1.165) is 57.5 Å². The number of rotatable bonds is 1. The molecule has 1 N–H and O–H groups in total. The lowest BCUT2D eigenvalue weighted by molar-refractivity contribution is -0.139. The molecule has 19 heavy (non-hydrogen) atoms. The van der Waals surface area contributed by atoms with Gasteiger partial charge in [-0.15, -0.1) is 0 Å². The van der Waals surface area contributed by atoms with Gasteiger partial charge in [0, 0.05) is 31.0 Å². The molecule has 0 bridgehead atoms. The third kappa shape index (κ3) is 2.49. The van der Waals surface area contributed by atoms with Crippen molar-refractivity contribution in [3.05, 3.63) is 0 Å². The van der Waals surface area contributed by atoms with Crippen molar-refractivity contribution in [1.29, 1.82) is 0 Å². The van der Waals surface area contributed by atoms with Crippen LogP contribution in [0.25, 0.3) is 0 Å². The molecule has 1 spiro atoms. The monoisotopic (exact) mass is 264 g/mol. The number of nitrogens with one attached hydrogen (secondary N) is 1. The molecular formula is C15H24N2O2. The van der Waals surface area contributed by atoms with Gasteiger partial charge < -0.3 is 10.2 Å².